The van der Waals surface area contributed by atoms with Gasteiger partial charge in [0.1, 0.15) is 0 Å². The van der Waals surface area contributed by atoms with E-state index in [1.807, 2.05) is 0 Å². The minimum Gasteiger partial charge on any atom is -0.478 e. The van der Waals surface area contributed by atoms with Crippen molar-refractivity contribution in [1.29, 1.82) is 0 Å². The van der Waals surface area contributed by atoms with Gasteiger partial charge in [-0.25, -0.2) is 4.79 Å². The van der Waals surface area contributed by atoms with Gasteiger partial charge in [-0.3, -0.25) is 0 Å². The summed E-state index contributed by atoms with van der Waals surface area (Å²) in [7, 11) is 0. The van der Waals surface area contributed by atoms with Gasteiger partial charge in [0, 0.05) is 16.5 Å². The smallest absolute Gasteiger partial charge is 0.337 e. The molecule has 0 fully saturated rings. The lowest BCUT2D eigenvalue weighted by atomic mass is 10.0. The van der Waals surface area contributed by atoms with E-state index in [4.69, 9.17) is 16.6 Å². The number of aromatic carboxylic acids is 1. The highest BCUT2D eigenvalue weighted by molar-refractivity contribution is 6.07. The number of hydrogen-bond acceptors (Lipinski definition) is 3. The second-order valence-corrected chi connectivity index (χ2v) is 3.27. The second-order valence-electron chi connectivity index (χ2n) is 3.27. The predicted molar refractivity (Wildman–Crippen MR) is 59.7 cm³/mol. The molecular weight excluding hydrogens is 192 g/mol. The number of rotatable bonds is 1. The van der Waals surface area contributed by atoms with Crippen molar-refractivity contribution < 1.29 is 9.90 Å². The molecule has 0 saturated heterocycles. The number of carboxylic acids is 1. The van der Waals surface area contributed by atoms with Crippen molar-refractivity contribution in [2.75, 3.05) is 11.5 Å². The lowest BCUT2D eigenvalue weighted by Crippen LogP contribution is -2.03. The van der Waals surface area contributed by atoms with Crippen LogP contribution in [0.3, 0.4) is 0 Å². The maximum absolute atomic E-state index is 10.8. The van der Waals surface area contributed by atoms with Crippen molar-refractivity contribution >= 4 is 28.1 Å². The molecule has 2 aromatic carbocycles. The SMILES string of the molecule is Nc1cccc2c(N)c(C(=O)O)ccc12. The summed E-state index contributed by atoms with van der Waals surface area (Å²) in [4.78, 5) is 10.8. The Hall–Kier alpha value is -2.23. The number of fused-ring (bicyclic) bond motifs is 1. The first-order chi connectivity index (χ1) is 7.11. The molecule has 0 radical (unpaired) electrons. The molecule has 0 spiro atoms. The molecule has 0 heterocycles. The fourth-order valence-corrected chi connectivity index (χ4v) is 1.59. The Bertz CT molecular complexity index is 550. The molecule has 0 aromatic heterocycles. The first-order valence-electron chi connectivity index (χ1n) is 4.41. The van der Waals surface area contributed by atoms with Crippen LogP contribution >= 0.6 is 0 Å². The summed E-state index contributed by atoms with van der Waals surface area (Å²) >= 11 is 0. The van der Waals surface area contributed by atoms with E-state index in [0.29, 0.717) is 11.1 Å². The lowest BCUT2D eigenvalue weighted by molar-refractivity contribution is 0.0698. The molecule has 0 saturated carbocycles. The van der Waals surface area contributed by atoms with E-state index in [2.05, 4.69) is 0 Å². The third-order valence-electron chi connectivity index (χ3n) is 2.37. The minimum absolute atomic E-state index is 0.105. The molecule has 4 heteroatoms. The van der Waals surface area contributed by atoms with E-state index >= 15 is 0 Å². The highest BCUT2D eigenvalue weighted by atomic mass is 16.4. The summed E-state index contributed by atoms with van der Waals surface area (Å²) in [6.07, 6.45) is 0. The van der Waals surface area contributed by atoms with Crippen molar-refractivity contribution in [3.05, 3.63) is 35.9 Å². The number of carbonyl (C=O) groups is 1. The van der Waals surface area contributed by atoms with E-state index in [1.165, 1.54) is 6.07 Å². The van der Waals surface area contributed by atoms with Gasteiger partial charge in [-0.1, -0.05) is 18.2 Å². The van der Waals surface area contributed by atoms with Gasteiger partial charge in [0.2, 0.25) is 0 Å². The summed E-state index contributed by atoms with van der Waals surface area (Å²) in [5, 5.41) is 10.3. The zero-order valence-corrected chi connectivity index (χ0v) is 7.90. The van der Waals surface area contributed by atoms with Crippen molar-refractivity contribution in [3.8, 4) is 0 Å². The van der Waals surface area contributed by atoms with Gasteiger partial charge >= 0.3 is 5.97 Å². The monoisotopic (exact) mass is 202 g/mol. The third-order valence-corrected chi connectivity index (χ3v) is 2.37. The van der Waals surface area contributed by atoms with Crippen LogP contribution in [0.4, 0.5) is 11.4 Å². The van der Waals surface area contributed by atoms with Crippen LogP contribution in [0.5, 0.6) is 0 Å². The third kappa shape index (κ3) is 1.36. The van der Waals surface area contributed by atoms with Crippen LogP contribution in [0.2, 0.25) is 0 Å². The molecule has 5 N–H and O–H groups in total. The zero-order valence-electron chi connectivity index (χ0n) is 7.90. The largest absolute Gasteiger partial charge is 0.478 e. The number of nitrogens with two attached hydrogens (primary N) is 2. The van der Waals surface area contributed by atoms with Crippen molar-refractivity contribution in [1.82, 2.24) is 0 Å². The Morgan fingerprint density at radius 3 is 2.47 bits per heavy atom. The maximum Gasteiger partial charge on any atom is 0.337 e. The van der Waals surface area contributed by atoms with Crippen LogP contribution in [-0.4, -0.2) is 11.1 Å². The van der Waals surface area contributed by atoms with Gasteiger partial charge in [0.05, 0.1) is 11.3 Å². The summed E-state index contributed by atoms with van der Waals surface area (Å²) in [6, 6.07) is 8.40. The zero-order chi connectivity index (χ0) is 11.0. The van der Waals surface area contributed by atoms with Gasteiger partial charge in [0.25, 0.3) is 0 Å². The highest BCUT2D eigenvalue weighted by Gasteiger charge is 2.11. The molecule has 0 amide bonds. The number of hydrogen-bond donors (Lipinski definition) is 3. The Balaban J connectivity index is 2.86. The topological polar surface area (TPSA) is 89.3 Å². The lowest BCUT2D eigenvalue weighted by Gasteiger charge is -2.07. The van der Waals surface area contributed by atoms with Gasteiger partial charge in [-0.15, -0.1) is 0 Å². The maximum atomic E-state index is 10.8. The number of anilines is 2. The molecule has 0 bridgehead atoms. The fourth-order valence-electron chi connectivity index (χ4n) is 1.59. The van der Waals surface area contributed by atoms with Gasteiger partial charge in [-0.2, -0.15) is 0 Å². The first kappa shape index (κ1) is 9.33. The van der Waals surface area contributed by atoms with Crippen molar-refractivity contribution in [3.63, 3.8) is 0 Å². The predicted octanol–water partition coefficient (Wildman–Crippen LogP) is 1.70. The number of carboxylic acid groups (broad SMARTS) is 1. The van der Waals surface area contributed by atoms with E-state index in [-0.39, 0.29) is 11.3 Å². The van der Waals surface area contributed by atoms with Gasteiger partial charge in [0.15, 0.2) is 0 Å². The van der Waals surface area contributed by atoms with E-state index in [0.717, 1.165) is 5.39 Å². The van der Waals surface area contributed by atoms with Crippen LogP contribution in [0, 0.1) is 0 Å². The number of nitrogen functional groups attached to an aromatic ring is 2. The molecule has 0 aliphatic heterocycles. The molecular formula is C11H10N2O2. The summed E-state index contributed by atoms with van der Waals surface area (Å²) in [6.45, 7) is 0. The van der Waals surface area contributed by atoms with E-state index < -0.39 is 5.97 Å². The van der Waals surface area contributed by atoms with Gasteiger partial charge < -0.3 is 16.6 Å². The minimum atomic E-state index is -1.03. The molecule has 0 aliphatic rings. The second kappa shape index (κ2) is 3.16. The van der Waals surface area contributed by atoms with Crippen LogP contribution in [-0.2, 0) is 0 Å². The molecule has 15 heavy (non-hydrogen) atoms. The Morgan fingerprint density at radius 2 is 1.80 bits per heavy atom. The summed E-state index contributed by atoms with van der Waals surface area (Å²) in [5.74, 6) is -1.03. The van der Waals surface area contributed by atoms with Crippen LogP contribution in [0.1, 0.15) is 10.4 Å². The van der Waals surface area contributed by atoms with Crippen LogP contribution in [0.25, 0.3) is 10.8 Å². The normalized spacial score (nSPS) is 10.4. The molecule has 2 aromatic rings. The molecule has 0 aliphatic carbocycles. The Morgan fingerprint density at radius 1 is 1.07 bits per heavy atom. The summed E-state index contributed by atoms with van der Waals surface area (Å²) in [5.41, 5.74) is 12.5. The molecule has 0 unspecified atom stereocenters. The quantitative estimate of drug-likeness (QED) is 0.614. The van der Waals surface area contributed by atoms with Crippen molar-refractivity contribution in [2.45, 2.75) is 0 Å². The number of benzene rings is 2. The van der Waals surface area contributed by atoms with Crippen LogP contribution in [0.15, 0.2) is 30.3 Å². The van der Waals surface area contributed by atoms with Crippen molar-refractivity contribution in [2.24, 2.45) is 0 Å². The average molecular weight is 202 g/mol. The average Bonchev–Trinajstić information content (AvgIpc) is 2.19. The van der Waals surface area contributed by atoms with Crippen LogP contribution < -0.4 is 11.5 Å². The first-order valence-corrected chi connectivity index (χ1v) is 4.41. The Kier molecular flexibility index (Phi) is 1.97. The molecule has 4 nitrogen and oxygen atoms in total. The molecule has 0 atom stereocenters. The fraction of sp³-hybridized carbons (Fsp3) is 0. The van der Waals surface area contributed by atoms with Gasteiger partial charge in [-0.05, 0) is 12.1 Å². The standard InChI is InChI=1S/C11H10N2O2/c12-9-3-1-2-7-6(9)4-5-8(10(7)13)11(14)15/h1-5H,12-13H2,(H,14,15). The molecule has 76 valence electrons. The van der Waals surface area contributed by atoms with E-state index in [9.17, 15) is 4.79 Å². The molecule has 2 rings (SSSR count). The Labute approximate surface area is 86.1 Å². The highest BCUT2D eigenvalue weighted by Crippen LogP contribution is 2.28. The van der Waals surface area contributed by atoms with E-state index in [1.54, 1.807) is 24.3 Å². The summed E-state index contributed by atoms with van der Waals surface area (Å²) < 4.78 is 0.